The monoisotopic (exact) mass is 363 g/mol. The van der Waals surface area contributed by atoms with Crippen LogP contribution in [0.15, 0.2) is 59.4 Å². The van der Waals surface area contributed by atoms with E-state index in [2.05, 4.69) is 15.5 Å². The van der Waals surface area contributed by atoms with Gasteiger partial charge in [-0.25, -0.2) is 0 Å². The van der Waals surface area contributed by atoms with Gasteiger partial charge in [-0.3, -0.25) is 9.78 Å². The molecule has 1 aliphatic rings. The van der Waals surface area contributed by atoms with E-state index in [1.165, 1.54) is 0 Å². The number of amides is 1. The van der Waals surface area contributed by atoms with E-state index < -0.39 is 6.10 Å². The molecule has 2 heterocycles. The van der Waals surface area contributed by atoms with Crippen LogP contribution < -0.4 is 5.32 Å². The van der Waals surface area contributed by atoms with Gasteiger partial charge >= 0.3 is 0 Å². The Morgan fingerprint density at radius 1 is 1.26 bits per heavy atom. The summed E-state index contributed by atoms with van der Waals surface area (Å²) in [6.45, 7) is 2.12. The van der Waals surface area contributed by atoms with Crippen LogP contribution in [0.3, 0.4) is 0 Å². The van der Waals surface area contributed by atoms with Crippen LogP contribution in [0.2, 0.25) is 0 Å². The highest BCUT2D eigenvalue weighted by atomic mass is 16.5. The zero-order valence-corrected chi connectivity index (χ0v) is 15.1. The molecule has 2 aromatic heterocycles. The molecule has 1 saturated carbocycles. The lowest BCUT2D eigenvalue weighted by atomic mass is 9.92. The van der Waals surface area contributed by atoms with E-state index in [1.807, 2.05) is 36.4 Å². The average molecular weight is 363 g/mol. The fraction of sp³-hybridized carbons (Fsp3) is 0.286. The number of aliphatic hydroxyl groups excluding tert-OH is 1. The molecule has 1 amide bonds. The summed E-state index contributed by atoms with van der Waals surface area (Å²) in [7, 11) is 0. The van der Waals surface area contributed by atoms with Crippen LogP contribution in [-0.4, -0.2) is 27.7 Å². The van der Waals surface area contributed by atoms with Crippen molar-refractivity contribution in [1.29, 1.82) is 0 Å². The maximum absolute atomic E-state index is 12.8. The molecule has 138 valence electrons. The first kappa shape index (κ1) is 17.4. The van der Waals surface area contributed by atoms with Crippen LogP contribution in [-0.2, 0) is 0 Å². The van der Waals surface area contributed by atoms with Crippen molar-refractivity contribution >= 4 is 5.91 Å². The van der Waals surface area contributed by atoms with Crippen molar-refractivity contribution in [2.75, 3.05) is 6.54 Å². The number of hydrogen-bond donors (Lipinski definition) is 2. The normalized spacial score (nSPS) is 15.9. The number of pyridine rings is 1. The molecule has 3 aromatic rings. The lowest BCUT2D eigenvalue weighted by Crippen LogP contribution is -2.33. The fourth-order valence-electron chi connectivity index (χ4n) is 3.38. The van der Waals surface area contributed by atoms with E-state index >= 15 is 0 Å². The maximum Gasteiger partial charge on any atom is 0.257 e. The highest BCUT2D eigenvalue weighted by Crippen LogP contribution is 2.54. The second-order valence-electron chi connectivity index (χ2n) is 7.06. The van der Waals surface area contributed by atoms with Gasteiger partial charge in [0.15, 0.2) is 0 Å². The second kappa shape index (κ2) is 6.96. The van der Waals surface area contributed by atoms with Gasteiger partial charge in [-0.05, 0) is 37.5 Å². The quantitative estimate of drug-likeness (QED) is 0.702. The molecule has 0 aliphatic heterocycles. The molecular weight excluding hydrogens is 342 g/mol. The number of aryl methyl sites for hydroxylation is 1. The Hall–Kier alpha value is -2.99. The number of aromatic nitrogens is 2. The van der Waals surface area contributed by atoms with Crippen molar-refractivity contribution in [1.82, 2.24) is 15.5 Å². The molecule has 6 heteroatoms. The zero-order chi connectivity index (χ0) is 18.9. The van der Waals surface area contributed by atoms with Gasteiger partial charge in [-0.1, -0.05) is 35.5 Å². The first-order chi connectivity index (χ1) is 13.1. The number of carbonyl (C=O) groups is 1. The predicted molar refractivity (Wildman–Crippen MR) is 99.9 cm³/mol. The van der Waals surface area contributed by atoms with Crippen LogP contribution in [0.1, 0.15) is 40.6 Å². The number of aliphatic hydroxyl groups is 1. The van der Waals surface area contributed by atoms with Crippen molar-refractivity contribution in [2.45, 2.75) is 25.9 Å². The minimum absolute atomic E-state index is 0.251. The minimum atomic E-state index is -0.597. The molecule has 1 atom stereocenters. The van der Waals surface area contributed by atoms with E-state index in [1.54, 1.807) is 25.4 Å². The topological polar surface area (TPSA) is 88.2 Å². The summed E-state index contributed by atoms with van der Waals surface area (Å²) in [5.41, 5.74) is 2.18. The highest BCUT2D eigenvalue weighted by Gasteiger charge is 2.49. The van der Waals surface area contributed by atoms with Gasteiger partial charge in [0.1, 0.15) is 17.0 Å². The van der Waals surface area contributed by atoms with E-state index in [0.717, 1.165) is 24.0 Å². The van der Waals surface area contributed by atoms with Gasteiger partial charge < -0.3 is 14.9 Å². The lowest BCUT2D eigenvalue weighted by Gasteiger charge is -2.23. The molecule has 2 N–H and O–H groups in total. The van der Waals surface area contributed by atoms with E-state index in [9.17, 15) is 9.90 Å². The van der Waals surface area contributed by atoms with Gasteiger partial charge in [0.25, 0.3) is 5.91 Å². The number of nitrogens with one attached hydrogen (secondary N) is 1. The average Bonchev–Trinajstić information content (AvgIpc) is 3.41. The Balaban J connectivity index is 1.50. The summed E-state index contributed by atoms with van der Waals surface area (Å²) >= 11 is 0. The van der Waals surface area contributed by atoms with Crippen molar-refractivity contribution in [3.63, 3.8) is 0 Å². The van der Waals surface area contributed by atoms with Gasteiger partial charge in [-0.15, -0.1) is 0 Å². The van der Waals surface area contributed by atoms with Gasteiger partial charge in [-0.2, -0.15) is 0 Å². The molecule has 1 unspecified atom stereocenters. The maximum atomic E-state index is 12.8. The smallest absolute Gasteiger partial charge is 0.257 e. The number of rotatable bonds is 6. The molecule has 0 radical (unpaired) electrons. The van der Waals surface area contributed by atoms with Crippen LogP contribution in [0, 0.1) is 12.3 Å². The largest absolute Gasteiger partial charge is 0.388 e. The summed E-state index contributed by atoms with van der Waals surface area (Å²) in [6, 6.07) is 13.2. The van der Waals surface area contributed by atoms with E-state index in [4.69, 9.17) is 4.52 Å². The molecule has 4 rings (SSSR count). The predicted octanol–water partition coefficient (Wildman–Crippen LogP) is 3.29. The number of nitrogens with zero attached hydrogens (tertiary/aromatic N) is 2. The van der Waals surface area contributed by atoms with Gasteiger partial charge in [0, 0.05) is 29.9 Å². The van der Waals surface area contributed by atoms with Crippen LogP contribution in [0.5, 0.6) is 0 Å². The number of hydrogen-bond acceptors (Lipinski definition) is 5. The summed E-state index contributed by atoms with van der Waals surface area (Å²) in [4.78, 5) is 16.9. The van der Waals surface area contributed by atoms with Crippen LogP contribution in [0.25, 0.3) is 11.3 Å². The van der Waals surface area contributed by atoms with Crippen LogP contribution >= 0.6 is 0 Å². The first-order valence-corrected chi connectivity index (χ1v) is 8.99. The molecule has 1 fully saturated rings. The summed E-state index contributed by atoms with van der Waals surface area (Å²) in [5, 5.41) is 17.7. The Morgan fingerprint density at radius 2 is 2.04 bits per heavy atom. The van der Waals surface area contributed by atoms with Crippen LogP contribution in [0.4, 0.5) is 0 Å². The van der Waals surface area contributed by atoms with E-state index in [-0.39, 0.29) is 11.3 Å². The molecule has 1 aromatic carbocycles. The second-order valence-corrected chi connectivity index (χ2v) is 7.06. The number of carbonyl (C=O) groups excluding carboxylic acids is 1. The Bertz CT molecular complexity index is 934. The molecule has 27 heavy (non-hydrogen) atoms. The zero-order valence-electron chi connectivity index (χ0n) is 15.1. The molecule has 1 aliphatic carbocycles. The fourth-order valence-corrected chi connectivity index (χ4v) is 3.38. The summed E-state index contributed by atoms with van der Waals surface area (Å²) in [5.74, 6) is 0.207. The molecular formula is C21H21N3O3. The van der Waals surface area contributed by atoms with Gasteiger partial charge in [0.2, 0.25) is 0 Å². The summed E-state index contributed by atoms with van der Waals surface area (Å²) in [6.07, 6.45) is 4.47. The molecule has 0 bridgehead atoms. The molecule has 0 saturated heterocycles. The molecule has 6 nitrogen and oxygen atoms in total. The third-order valence-corrected chi connectivity index (χ3v) is 5.21. The van der Waals surface area contributed by atoms with E-state index in [0.29, 0.717) is 23.6 Å². The number of benzene rings is 1. The van der Waals surface area contributed by atoms with Crippen molar-refractivity contribution in [2.24, 2.45) is 5.41 Å². The van der Waals surface area contributed by atoms with Crippen molar-refractivity contribution in [3.8, 4) is 11.3 Å². The first-order valence-electron chi connectivity index (χ1n) is 8.99. The summed E-state index contributed by atoms with van der Waals surface area (Å²) < 4.78 is 5.25. The Kier molecular flexibility index (Phi) is 4.49. The third-order valence-electron chi connectivity index (χ3n) is 5.21. The lowest BCUT2D eigenvalue weighted by molar-refractivity contribution is 0.0807. The third kappa shape index (κ3) is 3.36. The highest BCUT2D eigenvalue weighted by molar-refractivity contribution is 6.00. The standard InChI is InChI=1S/C21H21N3O3/c1-14-17(18(24-27-14)16-8-5-11-22-12-16)20(26)23-13-21(9-10-21)19(25)15-6-3-2-4-7-15/h2-8,11-12,19,25H,9-10,13H2,1H3,(H,23,26). The SMILES string of the molecule is Cc1onc(-c2cccnc2)c1C(=O)NCC1(C(O)c2ccccc2)CC1. The minimum Gasteiger partial charge on any atom is -0.388 e. The van der Waals surface area contributed by atoms with Crippen molar-refractivity contribution in [3.05, 3.63) is 71.7 Å². The molecule has 0 spiro atoms. The Labute approximate surface area is 157 Å². The Morgan fingerprint density at radius 3 is 2.70 bits per heavy atom. The van der Waals surface area contributed by atoms with Gasteiger partial charge in [0.05, 0.1) is 6.10 Å². The van der Waals surface area contributed by atoms with Crippen molar-refractivity contribution < 1.29 is 14.4 Å².